The summed E-state index contributed by atoms with van der Waals surface area (Å²) in [5, 5.41) is 0. The molecule has 4 nitrogen and oxygen atoms in total. The first-order valence-corrected chi connectivity index (χ1v) is 5.39. The van der Waals surface area contributed by atoms with E-state index in [4.69, 9.17) is 10.5 Å². The number of ether oxygens (including phenoxy) is 1. The van der Waals surface area contributed by atoms with E-state index in [0.29, 0.717) is 5.92 Å². The molecule has 2 rings (SSSR count). The molecule has 0 spiro atoms. The van der Waals surface area contributed by atoms with Gasteiger partial charge >= 0.3 is 0 Å². The Kier molecular flexibility index (Phi) is 3.28. The van der Waals surface area contributed by atoms with Crippen LogP contribution in [0.15, 0.2) is 12.4 Å². The van der Waals surface area contributed by atoms with Gasteiger partial charge in [0.1, 0.15) is 5.82 Å². The van der Waals surface area contributed by atoms with Crippen LogP contribution in [-0.4, -0.2) is 23.2 Å². The van der Waals surface area contributed by atoms with Crippen LogP contribution in [0.5, 0.6) is 0 Å². The van der Waals surface area contributed by atoms with Crippen molar-refractivity contribution in [1.29, 1.82) is 0 Å². The highest BCUT2D eigenvalue weighted by molar-refractivity contribution is 5.05. The van der Waals surface area contributed by atoms with Crippen molar-refractivity contribution in [2.45, 2.75) is 25.8 Å². The standard InChI is InChI=1S/C11H17N3O/c1-8-5-13-11(14-6-8)10(12)9-3-2-4-15-7-9/h5-6,9-10H,2-4,7,12H2,1H3. The molecular weight excluding hydrogens is 190 g/mol. The highest BCUT2D eigenvalue weighted by Gasteiger charge is 2.24. The lowest BCUT2D eigenvalue weighted by molar-refractivity contribution is 0.0436. The molecule has 2 atom stereocenters. The molecule has 1 aliphatic rings. The molecule has 1 aromatic heterocycles. The van der Waals surface area contributed by atoms with Gasteiger partial charge in [-0.3, -0.25) is 0 Å². The van der Waals surface area contributed by atoms with E-state index >= 15 is 0 Å². The molecule has 82 valence electrons. The SMILES string of the molecule is Cc1cnc(C(N)C2CCCOC2)nc1. The Morgan fingerprint density at radius 1 is 1.47 bits per heavy atom. The largest absolute Gasteiger partial charge is 0.381 e. The van der Waals surface area contributed by atoms with Crippen molar-refractivity contribution in [3.05, 3.63) is 23.8 Å². The van der Waals surface area contributed by atoms with E-state index in [2.05, 4.69) is 9.97 Å². The van der Waals surface area contributed by atoms with E-state index in [1.54, 1.807) is 0 Å². The smallest absolute Gasteiger partial charge is 0.145 e. The second kappa shape index (κ2) is 4.68. The third-order valence-corrected chi connectivity index (χ3v) is 2.80. The normalized spacial score (nSPS) is 23.7. The molecule has 15 heavy (non-hydrogen) atoms. The lowest BCUT2D eigenvalue weighted by Gasteiger charge is -2.26. The highest BCUT2D eigenvalue weighted by Crippen LogP contribution is 2.24. The van der Waals surface area contributed by atoms with Crippen molar-refractivity contribution in [3.8, 4) is 0 Å². The van der Waals surface area contributed by atoms with E-state index in [1.807, 2.05) is 19.3 Å². The number of rotatable bonds is 2. The first-order valence-electron chi connectivity index (χ1n) is 5.39. The molecule has 0 saturated carbocycles. The fourth-order valence-electron chi connectivity index (χ4n) is 1.83. The Hall–Kier alpha value is -1.00. The quantitative estimate of drug-likeness (QED) is 0.792. The number of hydrogen-bond acceptors (Lipinski definition) is 4. The van der Waals surface area contributed by atoms with E-state index in [9.17, 15) is 0 Å². The minimum atomic E-state index is -0.0918. The molecule has 2 heterocycles. The molecule has 0 aromatic carbocycles. The number of nitrogens with two attached hydrogens (primary N) is 1. The second-order valence-electron chi connectivity index (χ2n) is 4.12. The van der Waals surface area contributed by atoms with Crippen molar-refractivity contribution in [2.24, 2.45) is 11.7 Å². The zero-order valence-electron chi connectivity index (χ0n) is 9.02. The molecule has 2 N–H and O–H groups in total. The molecule has 0 bridgehead atoms. The predicted molar refractivity (Wildman–Crippen MR) is 57.2 cm³/mol. The topological polar surface area (TPSA) is 61.0 Å². The van der Waals surface area contributed by atoms with Gasteiger partial charge in [0.05, 0.1) is 12.6 Å². The van der Waals surface area contributed by atoms with Gasteiger partial charge in [0, 0.05) is 24.9 Å². The van der Waals surface area contributed by atoms with E-state index in [0.717, 1.165) is 37.4 Å². The fraction of sp³-hybridized carbons (Fsp3) is 0.636. The van der Waals surface area contributed by atoms with Crippen molar-refractivity contribution in [1.82, 2.24) is 9.97 Å². The van der Waals surface area contributed by atoms with E-state index in [-0.39, 0.29) is 6.04 Å². The summed E-state index contributed by atoms with van der Waals surface area (Å²) in [6.45, 7) is 3.56. The van der Waals surface area contributed by atoms with Crippen LogP contribution in [0.3, 0.4) is 0 Å². The van der Waals surface area contributed by atoms with Gasteiger partial charge in [0.25, 0.3) is 0 Å². The van der Waals surface area contributed by atoms with Gasteiger partial charge < -0.3 is 10.5 Å². The lowest BCUT2D eigenvalue weighted by atomic mass is 9.94. The Labute approximate surface area is 89.9 Å². The first-order chi connectivity index (χ1) is 7.27. The molecule has 1 aromatic rings. The van der Waals surface area contributed by atoms with Gasteiger partial charge in [-0.2, -0.15) is 0 Å². The van der Waals surface area contributed by atoms with Gasteiger partial charge in [0.15, 0.2) is 0 Å². The van der Waals surface area contributed by atoms with Crippen molar-refractivity contribution in [3.63, 3.8) is 0 Å². The van der Waals surface area contributed by atoms with Gasteiger partial charge in [-0.1, -0.05) is 0 Å². The van der Waals surface area contributed by atoms with Gasteiger partial charge in [-0.05, 0) is 25.3 Å². The minimum absolute atomic E-state index is 0.0918. The Morgan fingerprint density at radius 2 is 2.20 bits per heavy atom. The number of aromatic nitrogens is 2. The Balaban J connectivity index is 2.05. The van der Waals surface area contributed by atoms with Crippen LogP contribution in [0.4, 0.5) is 0 Å². The first kappa shape index (κ1) is 10.5. The number of hydrogen-bond donors (Lipinski definition) is 1. The molecule has 1 aliphatic heterocycles. The second-order valence-corrected chi connectivity index (χ2v) is 4.12. The summed E-state index contributed by atoms with van der Waals surface area (Å²) in [5.74, 6) is 1.09. The van der Waals surface area contributed by atoms with Crippen molar-refractivity contribution in [2.75, 3.05) is 13.2 Å². The molecule has 1 fully saturated rings. The third kappa shape index (κ3) is 2.52. The van der Waals surface area contributed by atoms with E-state index < -0.39 is 0 Å². The monoisotopic (exact) mass is 207 g/mol. The van der Waals surface area contributed by atoms with Crippen LogP contribution < -0.4 is 5.73 Å². The lowest BCUT2D eigenvalue weighted by Crippen LogP contribution is -2.30. The van der Waals surface area contributed by atoms with Crippen molar-refractivity contribution >= 4 is 0 Å². The Bertz CT molecular complexity index is 306. The molecule has 4 heteroatoms. The zero-order chi connectivity index (χ0) is 10.7. The molecule has 0 radical (unpaired) electrons. The Morgan fingerprint density at radius 3 is 2.80 bits per heavy atom. The summed E-state index contributed by atoms with van der Waals surface area (Å²) in [6.07, 6.45) is 5.82. The van der Waals surface area contributed by atoms with Crippen LogP contribution in [0, 0.1) is 12.8 Å². The summed E-state index contributed by atoms with van der Waals surface area (Å²) < 4.78 is 5.41. The fourth-order valence-corrected chi connectivity index (χ4v) is 1.83. The molecular formula is C11H17N3O. The van der Waals surface area contributed by atoms with Gasteiger partial charge in [-0.25, -0.2) is 9.97 Å². The summed E-state index contributed by atoms with van der Waals surface area (Å²) >= 11 is 0. The van der Waals surface area contributed by atoms with Crippen molar-refractivity contribution < 1.29 is 4.74 Å². The summed E-state index contributed by atoms with van der Waals surface area (Å²) in [7, 11) is 0. The number of aryl methyl sites for hydroxylation is 1. The maximum Gasteiger partial charge on any atom is 0.145 e. The molecule has 1 saturated heterocycles. The average Bonchev–Trinajstić information content (AvgIpc) is 2.30. The summed E-state index contributed by atoms with van der Waals surface area (Å²) in [5.41, 5.74) is 7.18. The van der Waals surface area contributed by atoms with Crippen LogP contribution in [0.2, 0.25) is 0 Å². The van der Waals surface area contributed by atoms with Crippen LogP contribution >= 0.6 is 0 Å². The molecule has 0 amide bonds. The van der Waals surface area contributed by atoms with Crippen LogP contribution in [0.25, 0.3) is 0 Å². The molecule has 2 unspecified atom stereocenters. The zero-order valence-corrected chi connectivity index (χ0v) is 9.02. The number of nitrogens with zero attached hydrogens (tertiary/aromatic N) is 2. The summed E-state index contributed by atoms with van der Waals surface area (Å²) in [4.78, 5) is 8.52. The molecule has 0 aliphatic carbocycles. The average molecular weight is 207 g/mol. The van der Waals surface area contributed by atoms with Crippen LogP contribution in [0.1, 0.15) is 30.3 Å². The summed E-state index contributed by atoms with van der Waals surface area (Å²) in [6, 6.07) is -0.0918. The highest BCUT2D eigenvalue weighted by atomic mass is 16.5. The third-order valence-electron chi connectivity index (χ3n) is 2.80. The maximum atomic E-state index is 6.11. The van der Waals surface area contributed by atoms with Crippen LogP contribution in [-0.2, 0) is 4.74 Å². The maximum absolute atomic E-state index is 6.11. The predicted octanol–water partition coefficient (Wildman–Crippen LogP) is 1.21. The minimum Gasteiger partial charge on any atom is -0.381 e. The van der Waals surface area contributed by atoms with Gasteiger partial charge in [0.2, 0.25) is 0 Å². The van der Waals surface area contributed by atoms with E-state index in [1.165, 1.54) is 0 Å². The van der Waals surface area contributed by atoms with Gasteiger partial charge in [-0.15, -0.1) is 0 Å².